The van der Waals surface area contributed by atoms with E-state index in [1.54, 1.807) is 6.26 Å². The molecule has 0 aliphatic carbocycles. The molecular formula is C13H16BrN3O. The molecule has 18 heavy (non-hydrogen) atoms. The van der Waals surface area contributed by atoms with Crippen LogP contribution in [0.5, 0.6) is 0 Å². The molecule has 0 amide bonds. The van der Waals surface area contributed by atoms with Crippen molar-refractivity contribution >= 4 is 21.9 Å². The van der Waals surface area contributed by atoms with Gasteiger partial charge in [-0.1, -0.05) is 28.1 Å². The average Bonchev–Trinajstić information content (AvgIpc) is 2.78. The molecule has 96 valence electrons. The van der Waals surface area contributed by atoms with Gasteiger partial charge in [-0.2, -0.15) is 4.98 Å². The minimum absolute atomic E-state index is 0.639. The first kappa shape index (κ1) is 13.1. The van der Waals surface area contributed by atoms with Crippen LogP contribution in [-0.2, 0) is 13.1 Å². The van der Waals surface area contributed by atoms with Crippen molar-refractivity contribution in [3.63, 3.8) is 0 Å². The van der Waals surface area contributed by atoms with Crippen molar-refractivity contribution in [1.82, 2.24) is 10.3 Å². The lowest BCUT2D eigenvalue weighted by Gasteiger charge is -2.14. The van der Waals surface area contributed by atoms with Crippen LogP contribution >= 0.6 is 15.9 Å². The van der Waals surface area contributed by atoms with Gasteiger partial charge in [0.2, 0.25) is 0 Å². The van der Waals surface area contributed by atoms with Crippen LogP contribution in [0.25, 0.3) is 0 Å². The zero-order valence-electron chi connectivity index (χ0n) is 10.5. The normalized spacial score (nSPS) is 10.6. The summed E-state index contributed by atoms with van der Waals surface area (Å²) in [7, 11) is 3.86. The molecule has 0 atom stereocenters. The molecule has 5 heteroatoms. The molecule has 0 fully saturated rings. The quantitative estimate of drug-likeness (QED) is 0.922. The third-order valence-corrected chi connectivity index (χ3v) is 3.03. The van der Waals surface area contributed by atoms with Crippen LogP contribution in [-0.4, -0.2) is 19.1 Å². The van der Waals surface area contributed by atoms with Gasteiger partial charge >= 0.3 is 0 Å². The van der Waals surface area contributed by atoms with Gasteiger partial charge in [0.05, 0.1) is 5.69 Å². The van der Waals surface area contributed by atoms with Gasteiger partial charge in [0.1, 0.15) is 6.26 Å². The Morgan fingerprint density at radius 3 is 3.00 bits per heavy atom. The lowest BCUT2D eigenvalue weighted by Crippen LogP contribution is -2.17. The highest BCUT2D eigenvalue weighted by molar-refractivity contribution is 9.10. The molecule has 0 aliphatic rings. The molecule has 1 N–H and O–H groups in total. The van der Waals surface area contributed by atoms with Gasteiger partial charge in [-0.25, -0.2) is 0 Å². The highest BCUT2D eigenvalue weighted by Crippen LogP contribution is 2.17. The SMILES string of the molecule is CNCc1coc(N(C)Cc2cccc(Br)c2)n1. The van der Waals surface area contributed by atoms with Gasteiger partial charge in [-0.15, -0.1) is 0 Å². The van der Waals surface area contributed by atoms with Crippen molar-refractivity contribution < 1.29 is 4.42 Å². The largest absolute Gasteiger partial charge is 0.432 e. The van der Waals surface area contributed by atoms with E-state index in [2.05, 4.69) is 38.4 Å². The summed E-state index contributed by atoms with van der Waals surface area (Å²) in [4.78, 5) is 6.39. The van der Waals surface area contributed by atoms with Gasteiger partial charge < -0.3 is 14.6 Å². The summed E-state index contributed by atoms with van der Waals surface area (Å²) in [5, 5.41) is 3.05. The van der Waals surface area contributed by atoms with Crippen molar-refractivity contribution in [1.29, 1.82) is 0 Å². The maximum atomic E-state index is 5.44. The van der Waals surface area contributed by atoms with E-state index in [1.165, 1.54) is 5.56 Å². The Balaban J connectivity index is 2.04. The lowest BCUT2D eigenvalue weighted by atomic mass is 10.2. The summed E-state index contributed by atoms with van der Waals surface area (Å²) in [6.07, 6.45) is 1.68. The van der Waals surface area contributed by atoms with Crippen LogP contribution in [0.2, 0.25) is 0 Å². The summed E-state index contributed by atoms with van der Waals surface area (Å²) in [5.41, 5.74) is 2.12. The van der Waals surface area contributed by atoms with E-state index in [9.17, 15) is 0 Å². The minimum Gasteiger partial charge on any atom is -0.432 e. The Kier molecular flexibility index (Phi) is 4.38. The number of rotatable bonds is 5. The van der Waals surface area contributed by atoms with Crippen LogP contribution in [0.4, 0.5) is 6.01 Å². The maximum Gasteiger partial charge on any atom is 0.297 e. The van der Waals surface area contributed by atoms with E-state index in [0.29, 0.717) is 12.6 Å². The van der Waals surface area contributed by atoms with E-state index < -0.39 is 0 Å². The first-order chi connectivity index (χ1) is 8.69. The number of nitrogens with zero attached hydrogens (tertiary/aromatic N) is 2. The zero-order valence-corrected chi connectivity index (χ0v) is 12.1. The molecule has 1 heterocycles. The van der Waals surface area contributed by atoms with E-state index in [1.807, 2.05) is 31.1 Å². The smallest absolute Gasteiger partial charge is 0.297 e. The number of hydrogen-bond donors (Lipinski definition) is 1. The van der Waals surface area contributed by atoms with Crippen LogP contribution in [0.15, 0.2) is 39.4 Å². The molecule has 0 unspecified atom stereocenters. The van der Waals surface area contributed by atoms with E-state index in [4.69, 9.17) is 4.42 Å². The molecule has 0 saturated carbocycles. The molecule has 1 aromatic carbocycles. The van der Waals surface area contributed by atoms with Crippen molar-refractivity contribution in [2.24, 2.45) is 0 Å². The van der Waals surface area contributed by atoms with Crippen molar-refractivity contribution in [3.8, 4) is 0 Å². The van der Waals surface area contributed by atoms with Gasteiger partial charge in [0.15, 0.2) is 0 Å². The number of hydrogen-bond acceptors (Lipinski definition) is 4. The lowest BCUT2D eigenvalue weighted by molar-refractivity contribution is 0.543. The number of nitrogens with one attached hydrogen (secondary N) is 1. The summed E-state index contributed by atoms with van der Waals surface area (Å²) in [6.45, 7) is 1.48. The number of oxazole rings is 1. The van der Waals surface area contributed by atoms with Gasteiger partial charge in [-0.3, -0.25) is 0 Å². The highest BCUT2D eigenvalue weighted by atomic mass is 79.9. The minimum atomic E-state index is 0.639. The molecule has 4 nitrogen and oxygen atoms in total. The summed E-state index contributed by atoms with van der Waals surface area (Å²) in [5.74, 6) is 0. The molecule has 2 aromatic rings. The predicted molar refractivity (Wildman–Crippen MR) is 75.5 cm³/mol. The third-order valence-electron chi connectivity index (χ3n) is 2.53. The van der Waals surface area contributed by atoms with E-state index in [0.717, 1.165) is 16.7 Å². The maximum absolute atomic E-state index is 5.44. The molecule has 0 spiro atoms. The molecule has 1 aromatic heterocycles. The summed E-state index contributed by atoms with van der Waals surface area (Å²) < 4.78 is 6.52. The fourth-order valence-corrected chi connectivity index (χ4v) is 2.16. The van der Waals surface area contributed by atoms with Crippen LogP contribution in [0.1, 0.15) is 11.3 Å². The molecule has 2 rings (SSSR count). The summed E-state index contributed by atoms with van der Waals surface area (Å²) in [6, 6.07) is 8.85. The van der Waals surface area contributed by atoms with E-state index in [-0.39, 0.29) is 0 Å². The average molecular weight is 310 g/mol. The van der Waals surface area contributed by atoms with Gasteiger partial charge in [-0.05, 0) is 24.7 Å². The number of halogens is 1. The fraction of sp³-hybridized carbons (Fsp3) is 0.308. The molecular weight excluding hydrogens is 294 g/mol. The highest BCUT2D eigenvalue weighted by Gasteiger charge is 2.09. The topological polar surface area (TPSA) is 41.3 Å². The van der Waals surface area contributed by atoms with Gasteiger partial charge in [0.25, 0.3) is 6.01 Å². The third kappa shape index (κ3) is 3.34. The molecule has 0 aliphatic heterocycles. The first-order valence-corrected chi connectivity index (χ1v) is 6.53. The predicted octanol–water partition coefficient (Wildman–Crippen LogP) is 2.79. The fourth-order valence-electron chi connectivity index (χ4n) is 1.71. The summed E-state index contributed by atoms with van der Waals surface area (Å²) >= 11 is 3.47. The van der Waals surface area contributed by atoms with Crippen molar-refractivity contribution in [2.75, 3.05) is 19.0 Å². The Hall–Kier alpha value is -1.33. The van der Waals surface area contributed by atoms with Crippen LogP contribution in [0.3, 0.4) is 0 Å². The second-order valence-electron chi connectivity index (χ2n) is 4.14. The van der Waals surface area contributed by atoms with Crippen LogP contribution in [0, 0.1) is 0 Å². The Bertz CT molecular complexity index is 512. The van der Waals surface area contributed by atoms with Crippen molar-refractivity contribution in [2.45, 2.75) is 13.1 Å². The number of benzene rings is 1. The standard InChI is InChI=1S/C13H16BrN3O/c1-15-7-12-9-18-13(16-12)17(2)8-10-4-3-5-11(14)6-10/h3-6,9,15H,7-8H2,1-2H3. The van der Waals surface area contributed by atoms with Crippen molar-refractivity contribution in [3.05, 3.63) is 46.3 Å². The Morgan fingerprint density at radius 2 is 2.28 bits per heavy atom. The van der Waals surface area contributed by atoms with Gasteiger partial charge in [0, 0.05) is 24.6 Å². The molecule has 0 bridgehead atoms. The zero-order chi connectivity index (χ0) is 13.0. The molecule has 0 saturated heterocycles. The number of anilines is 1. The monoisotopic (exact) mass is 309 g/mol. The second-order valence-corrected chi connectivity index (χ2v) is 5.05. The van der Waals surface area contributed by atoms with E-state index >= 15 is 0 Å². The van der Waals surface area contributed by atoms with Crippen LogP contribution < -0.4 is 10.2 Å². The second kappa shape index (κ2) is 6.02. The number of aromatic nitrogens is 1. The molecule has 0 radical (unpaired) electrons. The Morgan fingerprint density at radius 1 is 1.44 bits per heavy atom. The Labute approximate surface area is 115 Å². The first-order valence-electron chi connectivity index (χ1n) is 5.73.